The normalized spacial score (nSPS) is 18.4. The molecule has 204 valence electrons. The smallest absolute Gasteiger partial charge is 0.316 e. The maximum absolute atomic E-state index is 13.2. The van der Waals surface area contributed by atoms with Crippen LogP contribution in [0.2, 0.25) is 0 Å². The van der Waals surface area contributed by atoms with E-state index < -0.39 is 10.8 Å². The maximum atomic E-state index is 13.2. The van der Waals surface area contributed by atoms with Crippen LogP contribution in [-0.4, -0.2) is 27.0 Å². The van der Waals surface area contributed by atoms with Crippen LogP contribution in [0.3, 0.4) is 0 Å². The Hall–Kier alpha value is -4.09. The van der Waals surface area contributed by atoms with Crippen LogP contribution < -0.4 is 14.2 Å². The highest BCUT2D eigenvalue weighted by molar-refractivity contribution is 5.82. The van der Waals surface area contributed by atoms with E-state index >= 15 is 0 Å². The van der Waals surface area contributed by atoms with E-state index in [-0.39, 0.29) is 18.7 Å². The summed E-state index contributed by atoms with van der Waals surface area (Å²) in [6.07, 6.45) is 0.685. The van der Waals surface area contributed by atoms with Crippen LogP contribution >= 0.6 is 0 Å². The molecule has 2 bridgehead atoms. The summed E-state index contributed by atoms with van der Waals surface area (Å²) in [6.45, 7) is 5.74. The van der Waals surface area contributed by atoms with E-state index in [9.17, 15) is 4.79 Å². The molecule has 4 aromatic rings. The lowest BCUT2D eigenvalue weighted by atomic mass is 9.51. The zero-order valence-electron chi connectivity index (χ0n) is 23.6. The summed E-state index contributed by atoms with van der Waals surface area (Å²) >= 11 is 0. The molecule has 5 heteroatoms. The van der Waals surface area contributed by atoms with Crippen molar-refractivity contribution in [3.8, 4) is 17.2 Å². The Morgan fingerprint density at radius 3 is 1.98 bits per heavy atom. The number of methoxy groups -OCH3 is 2. The Balaban J connectivity index is 1.68. The van der Waals surface area contributed by atoms with E-state index in [0.29, 0.717) is 12.2 Å². The SMILES string of the molecule is COCOc1ccc(OC(=O)C(C)(C)C)c2c1C1(Cc3ccc(OC)cc3)c3ccccc3C2c2ccccc21. The number of carbonyl (C=O) groups is 1. The second-order valence-electron chi connectivity index (χ2n) is 11.6. The standard InChI is InChI=1S/C35H34O5/c1-34(2,3)33(36)40-28-18-19-29(39-21-37-4)32-31(28)30-24-10-6-8-12-26(24)35(32,27-13-9-7-11-25(27)30)20-22-14-16-23(38-5)17-15-22/h6-19,30H,20-21H2,1-5H3. The lowest BCUT2D eigenvalue weighted by Crippen LogP contribution is -2.44. The summed E-state index contributed by atoms with van der Waals surface area (Å²) in [7, 11) is 3.30. The minimum absolute atomic E-state index is 0.103. The third-order valence-corrected chi connectivity index (χ3v) is 8.12. The molecule has 4 aromatic carbocycles. The minimum Gasteiger partial charge on any atom is -0.497 e. The van der Waals surface area contributed by atoms with Crippen LogP contribution in [0.4, 0.5) is 0 Å². The summed E-state index contributed by atoms with van der Waals surface area (Å²) in [5, 5.41) is 0. The first-order chi connectivity index (χ1) is 19.3. The molecule has 0 spiro atoms. The fourth-order valence-electron chi connectivity index (χ4n) is 6.39. The Morgan fingerprint density at radius 2 is 1.40 bits per heavy atom. The summed E-state index contributed by atoms with van der Waals surface area (Å²) in [6, 6.07) is 29.3. The number of esters is 1. The number of hydrogen-bond donors (Lipinski definition) is 0. The lowest BCUT2D eigenvalue weighted by molar-refractivity contribution is -0.143. The van der Waals surface area contributed by atoms with Gasteiger partial charge in [0, 0.05) is 24.2 Å². The number of carbonyl (C=O) groups excluding carboxylic acids is 1. The number of benzene rings is 4. The fraction of sp³-hybridized carbons (Fsp3) is 0.286. The van der Waals surface area contributed by atoms with Crippen molar-refractivity contribution < 1.29 is 23.7 Å². The van der Waals surface area contributed by atoms with Crippen LogP contribution in [0.1, 0.15) is 65.6 Å². The van der Waals surface area contributed by atoms with Crippen molar-refractivity contribution in [3.63, 3.8) is 0 Å². The van der Waals surface area contributed by atoms with Gasteiger partial charge in [-0.25, -0.2) is 0 Å². The Labute approximate surface area is 235 Å². The average molecular weight is 535 g/mol. The van der Waals surface area contributed by atoms with E-state index in [1.54, 1.807) is 14.2 Å². The van der Waals surface area contributed by atoms with E-state index in [4.69, 9.17) is 18.9 Å². The van der Waals surface area contributed by atoms with Crippen molar-refractivity contribution in [1.82, 2.24) is 0 Å². The van der Waals surface area contributed by atoms with Crippen molar-refractivity contribution in [1.29, 1.82) is 0 Å². The molecule has 0 atom stereocenters. The molecule has 0 heterocycles. The van der Waals surface area contributed by atoms with Gasteiger partial charge in [-0.15, -0.1) is 0 Å². The highest BCUT2D eigenvalue weighted by Gasteiger charge is 2.54. The van der Waals surface area contributed by atoms with Gasteiger partial charge in [0.2, 0.25) is 0 Å². The summed E-state index contributed by atoms with van der Waals surface area (Å²) in [4.78, 5) is 13.2. The monoisotopic (exact) mass is 534 g/mol. The Kier molecular flexibility index (Phi) is 6.42. The van der Waals surface area contributed by atoms with Crippen molar-refractivity contribution in [2.45, 2.75) is 38.5 Å². The van der Waals surface area contributed by atoms with Crippen LogP contribution in [0, 0.1) is 5.41 Å². The molecular weight excluding hydrogens is 500 g/mol. The molecule has 0 saturated carbocycles. The van der Waals surface area contributed by atoms with Crippen molar-refractivity contribution in [2.75, 3.05) is 21.0 Å². The fourth-order valence-corrected chi connectivity index (χ4v) is 6.39. The van der Waals surface area contributed by atoms with Crippen molar-refractivity contribution in [3.05, 3.63) is 124 Å². The second-order valence-corrected chi connectivity index (χ2v) is 11.6. The van der Waals surface area contributed by atoms with Gasteiger partial charge in [-0.2, -0.15) is 0 Å². The van der Waals surface area contributed by atoms with Gasteiger partial charge in [0.1, 0.15) is 17.2 Å². The minimum atomic E-state index is -0.650. The zero-order valence-corrected chi connectivity index (χ0v) is 23.6. The van der Waals surface area contributed by atoms with Gasteiger partial charge < -0.3 is 18.9 Å². The molecular formula is C35H34O5. The third-order valence-electron chi connectivity index (χ3n) is 8.12. The van der Waals surface area contributed by atoms with Crippen LogP contribution in [-0.2, 0) is 21.4 Å². The molecule has 7 rings (SSSR count). The van der Waals surface area contributed by atoms with Crippen molar-refractivity contribution >= 4 is 5.97 Å². The van der Waals surface area contributed by atoms with E-state index in [0.717, 1.165) is 28.2 Å². The number of ether oxygens (including phenoxy) is 4. The van der Waals surface area contributed by atoms with Gasteiger partial charge in [0.05, 0.1) is 17.9 Å². The quantitative estimate of drug-likeness (QED) is 0.145. The highest BCUT2D eigenvalue weighted by Crippen LogP contribution is 2.64. The molecule has 5 nitrogen and oxygen atoms in total. The number of hydrogen-bond acceptors (Lipinski definition) is 5. The molecule has 0 radical (unpaired) electrons. The Bertz CT molecular complexity index is 1530. The topological polar surface area (TPSA) is 54.0 Å². The first-order valence-corrected chi connectivity index (χ1v) is 13.6. The largest absolute Gasteiger partial charge is 0.497 e. The van der Waals surface area contributed by atoms with E-state index in [2.05, 4.69) is 60.7 Å². The van der Waals surface area contributed by atoms with E-state index in [1.165, 1.54) is 22.3 Å². The van der Waals surface area contributed by atoms with Crippen molar-refractivity contribution in [2.24, 2.45) is 5.41 Å². The predicted octanol–water partition coefficient (Wildman–Crippen LogP) is 7.01. The molecule has 40 heavy (non-hydrogen) atoms. The van der Waals surface area contributed by atoms with Gasteiger partial charge in [0.25, 0.3) is 0 Å². The van der Waals surface area contributed by atoms with E-state index in [1.807, 2.05) is 45.0 Å². The average Bonchev–Trinajstić information content (AvgIpc) is 2.96. The molecule has 0 aromatic heterocycles. The molecule has 0 fully saturated rings. The van der Waals surface area contributed by atoms with Gasteiger partial charge in [-0.1, -0.05) is 60.7 Å². The van der Waals surface area contributed by atoms with Crippen LogP contribution in [0.15, 0.2) is 84.9 Å². The van der Waals surface area contributed by atoms with Gasteiger partial charge >= 0.3 is 5.97 Å². The first-order valence-electron chi connectivity index (χ1n) is 13.6. The summed E-state index contributed by atoms with van der Waals surface area (Å²) < 4.78 is 23.3. The zero-order chi connectivity index (χ0) is 28.1. The summed E-state index contributed by atoms with van der Waals surface area (Å²) in [5.74, 6) is 1.75. The van der Waals surface area contributed by atoms with Gasteiger partial charge in [-0.05, 0) is 79.3 Å². The molecule has 0 N–H and O–H groups in total. The molecule has 0 saturated heterocycles. The maximum Gasteiger partial charge on any atom is 0.316 e. The van der Waals surface area contributed by atoms with Crippen LogP contribution in [0.25, 0.3) is 0 Å². The van der Waals surface area contributed by atoms with Gasteiger partial charge in [0.15, 0.2) is 6.79 Å². The predicted molar refractivity (Wildman–Crippen MR) is 154 cm³/mol. The number of rotatable bonds is 7. The highest BCUT2D eigenvalue weighted by atomic mass is 16.7. The molecule has 0 aliphatic heterocycles. The molecule has 0 unspecified atom stereocenters. The lowest BCUT2D eigenvalue weighted by Gasteiger charge is -2.51. The first kappa shape index (κ1) is 26.1. The summed E-state index contributed by atoms with van der Waals surface area (Å²) in [5.41, 5.74) is 6.86. The molecule has 0 amide bonds. The van der Waals surface area contributed by atoms with Gasteiger partial charge in [-0.3, -0.25) is 4.79 Å². The molecule has 3 aliphatic rings. The Morgan fingerprint density at radius 1 is 0.800 bits per heavy atom. The van der Waals surface area contributed by atoms with Crippen LogP contribution in [0.5, 0.6) is 17.2 Å². The molecule has 3 aliphatic carbocycles. The third kappa shape index (κ3) is 3.99. The second kappa shape index (κ2) is 9.83.